The summed E-state index contributed by atoms with van der Waals surface area (Å²) in [4.78, 5) is 22.9. The molecular formula is C10H17NO3. The first-order chi connectivity index (χ1) is 6.32. The Balaban J connectivity index is 2.68. The molecule has 1 aliphatic rings. The zero-order valence-electron chi connectivity index (χ0n) is 9.14. The summed E-state index contributed by atoms with van der Waals surface area (Å²) in [7, 11) is 1.30. The lowest BCUT2D eigenvalue weighted by molar-refractivity contribution is -0.129. The molecule has 0 aliphatic heterocycles. The summed E-state index contributed by atoms with van der Waals surface area (Å²) in [6, 6.07) is 0. The van der Waals surface area contributed by atoms with Gasteiger partial charge in [0.2, 0.25) is 0 Å². The number of alkyl carbamates (subject to hydrolysis) is 1. The molecule has 0 atom stereocenters. The predicted octanol–water partition coefficient (Wildman–Crippen LogP) is 1.49. The van der Waals surface area contributed by atoms with Gasteiger partial charge in [-0.25, -0.2) is 4.79 Å². The van der Waals surface area contributed by atoms with Crippen LogP contribution in [-0.4, -0.2) is 24.5 Å². The Morgan fingerprint density at radius 1 is 1.29 bits per heavy atom. The Morgan fingerprint density at radius 2 is 1.79 bits per heavy atom. The first kappa shape index (κ1) is 11.0. The molecular weight excluding hydrogens is 182 g/mol. The van der Waals surface area contributed by atoms with Crippen molar-refractivity contribution in [2.24, 2.45) is 5.41 Å². The molecule has 14 heavy (non-hydrogen) atoms. The minimum absolute atomic E-state index is 0.0791. The third-order valence-corrected chi connectivity index (χ3v) is 2.39. The number of nitrogens with one attached hydrogen (secondary N) is 1. The highest BCUT2D eigenvalue weighted by Crippen LogP contribution is 2.41. The van der Waals surface area contributed by atoms with E-state index < -0.39 is 17.0 Å². The minimum atomic E-state index is -0.647. The van der Waals surface area contributed by atoms with Crippen molar-refractivity contribution >= 4 is 11.9 Å². The molecule has 4 nitrogen and oxygen atoms in total. The maximum atomic E-state index is 11.9. The molecule has 0 aromatic heterocycles. The Hall–Kier alpha value is -1.06. The van der Waals surface area contributed by atoms with Gasteiger partial charge in [0, 0.05) is 5.41 Å². The number of amides is 1. The van der Waals surface area contributed by atoms with Gasteiger partial charge in [-0.3, -0.25) is 4.79 Å². The highest BCUT2D eigenvalue weighted by molar-refractivity contribution is 5.97. The monoisotopic (exact) mass is 199 g/mol. The molecule has 0 saturated heterocycles. The quantitative estimate of drug-likeness (QED) is 0.733. The zero-order valence-corrected chi connectivity index (χ0v) is 9.14. The number of carbonyl (C=O) groups excluding carboxylic acids is 2. The molecule has 0 unspecified atom stereocenters. The molecule has 1 rings (SSSR count). The topological polar surface area (TPSA) is 55.4 Å². The van der Waals surface area contributed by atoms with E-state index in [-0.39, 0.29) is 5.78 Å². The SMILES string of the molecule is COC(=O)NC1(C(=O)C(C)(C)C)CC1. The van der Waals surface area contributed by atoms with Crippen molar-refractivity contribution in [1.29, 1.82) is 0 Å². The van der Waals surface area contributed by atoms with E-state index >= 15 is 0 Å². The summed E-state index contributed by atoms with van der Waals surface area (Å²) in [5, 5.41) is 2.61. The second kappa shape index (κ2) is 3.26. The van der Waals surface area contributed by atoms with Gasteiger partial charge in [-0.15, -0.1) is 0 Å². The number of Topliss-reactive ketones (excluding diaryl/α,β-unsaturated/α-hetero) is 1. The average molecular weight is 199 g/mol. The molecule has 1 saturated carbocycles. The third-order valence-electron chi connectivity index (χ3n) is 2.39. The van der Waals surface area contributed by atoms with Gasteiger partial charge in [-0.05, 0) is 12.8 Å². The molecule has 0 aromatic carbocycles. The van der Waals surface area contributed by atoms with Crippen LogP contribution < -0.4 is 5.32 Å². The number of methoxy groups -OCH3 is 1. The van der Waals surface area contributed by atoms with Gasteiger partial charge in [-0.1, -0.05) is 20.8 Å². The van der Waals surface area contributed by atoms with Crippen molar-refractivity contribution in [1.82, 2.24) is 5.32 Å². The van der Waals surface area contributed by atoms with Gasteiger partial charge in [0.05, 0.1) is 7.11 Å². The lowest BCUT2D eigenvalue weighted by Crippen LogP contribution is -2.47. The van der Waals surface area contributed by atoms with Crippen molar-refractivity contribution < 1.29 is 14.3 Å². The zero-order chi connectivity index (χ0) is 11.0. The molecule has 0 bridgehead atoms. The summed E-state index contributed by atoms with van der Waals surface area (Å²) in [6.07, 6.45) is 0.913. The number of hydrogen-bond acceptors (Lipinski definition) is 3. The summed E-state index contributed by atoms with van der Waals surface area (Å²) in [6.45, 7) is 5.57. The fourth-order valence-corrected chi connectivity index (χ4v) is 1.50. The smallest absolute Gasteiger partial charge is 0.407 e. The summed E-state index contributed by atoms with van der Waals surface area (Å²) in [5.74, 6) is 0.0791. The van der Waals surface area contributed by atoms with Crippen LogP contribution in [0.25, 0.3) is 0 Å². The van der Waals surface area contributed by atoms with Gasteiger partial charge >= 0.3 is 6.09 Å². The van der Waals surface area contributed by atoms with E-state index in [4.69, 9.17) is 0 Å². The maximum Gasteiger partial charge on any atom is 0.407 e. The number of ether oxygens (including phenoxy) is 1. The number of hydrogen-bond donors (Lipinski definition) is 1. The fourth-order valence-electron chi connectivity index (χ4n) is 1.50. The molecule has 1 aliphatic carbocycles. The van der Waals surface area contributed by atoms with Crippen LogP contribution in [-0.2, 0) is 9.53 Å². The normalized spacial score (nSPS) is 18.6. The Morgan fingerprint density at radius 3 is 2.07 bits per heavy atom. The molecule has 0 radical (unpaired) electrons. The second-order valence-electron chi connectivity index (χ2n) is 4.78. The van der Waals surface area contributed by atoms with Gasteiger partial charge in [0.25, 0.3) is 0 Å². The highest BCUT2D eigenvalue weighted by atomic mass is 16.5. The van der Waals surface area contributed by atoms with E-state index in [1.54, 1.807) is 0 Å². The van der Waals surface area contributed by atoms with Crippen molar-refractivity contribution in [3.8, 4) is 0 Å². The highest BCUT2D eigenvalue weighted by Gasteiger charge is 2.54. The van der Waals surface area contributed by atoms with E-state index in [2.05, 4.69) is 10.1 Å². The summed E-state index contributed by atoms with van der Waals surface area (Å²) in [5.41, 5.74) is -1.07. The molecule has 1 amide bonds. The van der Waals surface area contributed by atoms with Crippen molar-refractivity contribution in [2.75, 3.05) is 7.11 Å². The first-order valence-corrected chi connectivity index (χ1v) is 4.73. The van der Waals surface area contributed by atoms with Crippen LogP contribution in [0, 0.1) is 5.41 Å². The first-order valence-electron chi connectivity index (χ1n) is 4.73. The van der Waals surface area contributed by atoms with Gasteiger partial charge < -0.3 is 10.1 Å². The lowest BCUT2D eigenvalue weighted by Gasteiger charge is -2.24. The largest absolute Gasteiger partial charge is 0.453 e. The predicted molar refractivity (Wildman–Crippen MR) is 52.0 cm³/mol. The molecule has 0 spiro atoms. The molecule has 1 fully saturated rings. The fraction of sp³-hybridized carbons (Fsp3) is 0.800. The third kappa shape index (κ3) is 2.05. The Kier molecular flexibility index (Phi) is 2.56. The van der Waals surface area contributed by atoms with Crippen LogP contribution in [0.2, 0.25) is 0 Å². The van der Waals surface area contributed by atoms with E-state index in [0.717, 1.165) is 12.8 Å². The van der Waals surface area contributed by atoms with E-state index in [1.807, 2.05) is 20.8 Å². The molecule has 0 aromatic rings. The maximum absolute atomic E-state index is 11.9. The second-order valence-corrected chi connectivity index (χ2v) is 4.78. The Labute approximate surface area is 84.0 Å². The van der Waals surface area contributed by atoms with Crippen LogP contribution in [0.3, 0.4) is 0 Å². The molecule has 0 heterocycles. The molecule has 80 valence electrons. The standard InChI is InChI=1S/C10H17NO3/c1-9(2,3)7(12)10(5-6-10)11-8(13)14-4/h5-6H2,1-4H3,(H,11,13). The number of carbonyl (C=O) groups is 2. The van der Waals surface area contributed by atoms with Crippen LogP contribution in [0.4, 0.5) is 4.79 Å². The lowest BCUT2D eigenvalue weighted by atomic mass is 9.85. The van der Waals surface area contributed by atoms with E-state index in [1.165, 1.54) is 7.11 Å². The summed E-state index contributed by atoms with van der Waals surface area (Å²) >= 11 is 0. The van der Waals surface area contributed by atoms with Crippen molar-refractivity contribution in [3.05, 3.63) is 0 Å². The molecule has 1 N–H and O–H groups in total. The van der Waals surface area contributed by atoms with Crippen LogP contribution in [0.15, 0.2) is 0 Å². The van der Waals surface area contributed by atoms with E-state index in [9.17, 15) is 9.59 Å². The average Bonchev–Trinajstić information content (AvgIpc) is 2.82. The van der Waals surface area contributed by atoms with Crippen LogP contribution in [0.5, 0.6) is 0 Å². The number of rotatable bonds is 2. The minimum Gasteiger partial charge on any atom is -0.453 e. The van der Waals surface area contributed by atoms with Gasteiger partial charge in [0.15, 0.2) is 5.78 Å². The Bertz CT molecular complexity index is 261. The molecule has 4 heteroatoms. The van der Waals surface area contributed by atoms with Crippen LogP contribution in [0.1, 0.15) is 33.6 Å². The summed E-state index contributed by atoms with van der Waals surface area (Å²) < 4.78 is 4.49. The van der Waals surface area contributed by atoms with Crippen molar-refractivity contribution in [3.63, 3.8) is 0 Å². The number of ketones is 1. The van der Waals surface area contributed by atoms with E-state index in [0.29, 0.717) is 0 Å². The van der Waals surface area contributed by atoms with Crippen molar-refractivity contribution in [2.45, 2.75) is 39.2 Å². The van der Waals surface area contributed by atoms with Crippen LogP contribution >= 0.6 is 0 Å². The van der Waals surface area contributed by atoms with Gasteiger partial charge in [0.1, 0.15) is 5.54 Å². The van der Waals surface area contributed by atoms with Gasteiger partial charge in [-0.2, -0.15) is 0 Å².